The fourth-order valence-corrected chi connectivity index (χ4v) is 4.54. The van der Waals surface area contributed by atoms with Crippen molar-refractivity contribution in [1.29, 1.82) is 0 Å². The standard InChI is InChI=1S/C22H22F2N2O5/c1-2-25-11-22(8-14(27)9-22)26-10-15(19(29)20(30)18(26)21(25)31)17(28)6-4-12-3-5-13(23)7-16(12)24/h3,5,7,10,14,27,30H,2,4,6,8-9,11H2,1H3. The number of aliphatic hydroxyl groups is 1. The first-order chi connectivity index (χ1) is 14.7. The lowest BCUT2D eigenvalue weighted by atomic mass is 9.72. The number of hydrogen-bond donors (Lipinski definition) is 2. The molecule has 1 aliphatic carbocycles. The summed E-state index contributed by atoms with van der Waals surface area (Å²) in [5, 5.41) is 20.4. The molecule has 0 radical (unpaired) electrons. The van der Waals surface area contributed by atoms with Crippen LogP contribution in [0.25, 0.3) is 0 Å². The molecule has 2 aromatic rings. The van der Waals surface area contributed by atoms with Crippen LogP contribution in [-0.2, 0) is 12.0 Å². The van der Waals surface area contributed by atoms with E-state index in [0.29, 0.717) is 25.9 Å². The molecule has 1 aromatic carbocycles. The molecule has 1 amide bonds. The van der Waals surface area contributed by atoms with Gasteiger partial charge in [0.15, 0.2) is 17.2 Å². The SMILES string of the molecule is CCN1CC2(CC(O)C2)n2cc(C(=O)CCc3ccc(F)cc3F)c(=O)c(O)c2C1=O. The molecule has 1 fully saturated rings. The molecule has 0 bridgehead atoms. The molecule has 2 heterocycles. The Morgan fingerprint density at radius 2 is 1.97 bits per heavy atom. The smallest absolute Gasteiger partial charge is 0.274 e. The number of likely N-dealkylation sites (N-methyl/N-ethyl adjacent to an activating group) is 1. The van der Waals surface area contributed by atoms with E-state index < -0.39 is 46.1 Å². The molecule has 7 nitrogen and oxygen atoms in total. The van der Waals surface area contributed by atoms with Crippen LogP contribution in [0.3, 0.4) is 0 Å². The Hall–Kier alpha value is -3.07. The second-order valence-corrected chi connectivity index (χ2v) is 8.20. The largest absolute Gasteiger partial charge is 0.503 e. The van der Waals surface area contributed by atoms with E-state index >= 15 is 0 Å². The van der Waals surface area contributed by atoms with E-state index in [0.717, 1.165) is 12.1 Å². The number of fused-ring (bicyclic) bond motifs is 2. The summed E-state index contributed by atoms with van der Waals surface area (Å²) in [5.41, 5.74) is -2.03. The van der Waals surface area contributed by atoms with Crippen molar-refractivity contribution in [3.05, 3.63) is 63.1 Å². The van der Waals surface area contributed by atoms with Crippen molar-refractivity contribution < 1.29 is 28.6 Å². The number of amides is 1. The molecule has 0 saturated heterocycles. The zero-order valence-corrected chi connectivity index (χ0v) is 16.9. The van der Waals surface area contributed by atoms with Crippen LogP contribution in [0.2, 0.25) is 0 Å². The molecule has 1 saturated carbocycles. The number of aromatic nitrogens is 1. The lowest BCUT2D eigenvalue weighted by Gasteiger charge is -2.53. The quantitative estimate of drug-likeness (QED) is 0.704. The number of pyridine rings is 1. The average molecular weight is 432 g/mol. The third-order valence-corrected chi connectivity index (χ3v) is 6.22. The number of nitrogens with zero attached hydrogens (tertiary/aromatic N) is 2. The number of benzene rings is 1. The van der Waals surface area contributed by atoms with E-state index in [1.165, 1.54) is 21.7 Å². The average Bonchev–Trinajstić information content (AvgIpc) is 2.70. The number of aliphatic hydroxyl groups excluding tert-OH is 1. The Morgan fingerprint density at radius 1 is 1.26 bits per heavy atom. The van der Waals surface area contributed by atoms with E-state index in [4.69, 9.17) is 0 Å². The maximum Gasteiger partial charge on any atom is 0.274 e. The lowest BCUT2D eigenvalue weighted by molar-refractivity contribution is -0.0481. The van der Waals surface area contributed by atoms with Crippen molar-refractivity contribution in [1.82, 2.24) is 9.47 Å². The topological polar surface area (TPSA) is 99.8 Å². The van der Waals surface area contributed by atoms with Crippen molar-refractivity contribution in [2.24, 2.45) is 0 Å². The van der Waals surface area contributed by atoms with E-state index in [-0.39, 0.29) is 29.7 Å². The molecule has 2 aliphatic rings. The molecular formula is C22H22F2N2O5. The second kappa shape index (κ2) is 7.56. The number of Topliss-reactive ketones (excluding diaryl/α,β-unsaturated/α-hetero) is 1. The van der Waals surface area contributed by atoms with Crippen LogP contribution in [0, 0.1) is 11.6 Å². The molecule has 1 aliphatic heterocycles. The summed E-state index contributed by atoms with van der Waals surface area (Å²) >= 11 is 0. The van der Waals surface area contributed by atoms with Crippen molar-refractivity contribution in [3.63, 3.8) is 0 Å². The van der Waals surface area contributed by atoms with Gasteiger partial charge in [0.05, 0.1) is 17.2 Å². The zero-order valence-electron chi connectivity index (χ0n) is 16.9. The highest BCUT2D eigenvalue weighted by Crippen LogP contribution is 2.44. The number of rotatable bonds is 5. The van der Waals surface area contributed by atoms with Gasteiger partial charge in [-0.15, -0.1) is 0 Å². The highest BCUT2D eigenvalue weighted by Gasteiger charge is 2.51. The number of halogens is 2. The number of carbonyl (C=O) groups excluding carboxylic acids is 2. The fraction of sp³-hybridized carbons (Fsp3) is 0.409. The molecule has 1 aromatic heterocycles. The maximum absolute atomic E-state index is 13.9. The molecule has 2 N–H and O–H groups in total. The first-order valence-electron chi connectivity index (χ1n) is 10.1. The molecule has 31 heavy (non-hydrogen) atoms. The Balaban J connectivity index is 1.70. The Labute approximate surface area is 176 Å². The number of aryl methyl sites for hydroxylation is 1. The summed E-state index contributed by atoms with van der Waals surface area (Å²) < 4.78 is 28.4. The normalized spacial score (nSPS) is 22.4. The summed E-state index contributed by atoms with van der Waals surface area (Å²) in [6.07, 6.45) is 1.04. The van der Waals surface area contributed by atoms with Crippen molar-refractivity contribution in [3.8, 4) is 5.75 Å². The van der Waals surface area contributed by atoms with Gasteiger partial charge in [-0.1, -0.05) is 6.07 Å². The Bertz CT molecular complexity index is 1140. The van der Waals surface area contributed by atoms with Crippen LogP contribution in [0.1, 0.15) is 52.6 Å². The third kappa shape index (κ3) is 3.42. The lowest BCUT2D eigenvalue weighted by Crippen LogP contribution is -2.61. The first-order valence-corrected chi connectivity index (χ1v) is 10.1. The van der Waals surface area contributed by atoms with Gasteiger partial charge >= 0.3 is 0 Å². The van der Waals surface area contributed by atoms with Crippen LogP contribution in [0.15, 0.2) is 29.2 Å². The Morgan fingerprint density at radius 3 is 2.58 bits per heavy atom. The number of carbonyl (C=O) groups is 2. The van der Waals surface area contributed by atoms with Crippen LogP contribution in [0.4, 0.5) is 8.78 Å². The minimum atomic E-state index is -0.961. The van der Waals surface area contributed by atoms with E-state index in [9.17, 15) is 33.4 Å². The van der Waals surface area contributed by atoms with E-state index in [1.807, 2.05) is 0 Å². The molecule has 0 atom stereocenters. The predicted molar refractivity (Wildman–Crippen MR) is 106 cm³/mol. The van der Waals surface area contributed by atoms with Gasteiger partial charge in [-0.2, -0.15) is 0 Å². The van der Waals surface area contributed by atoms with Crippen molar-refractivity contribution >= 4 is 11.7 Å². The highest BCUT2D eigenvalue weighted by molar-refractivity contribution is 6.00. The van der Waals surface area contributed by atoms with Gasteiger partial charge in [0.1, 0.15) is 11.6 Å². The van der Waals surface area contributed by atoms with Gasteiger partial charge in [-0.05, 0) is 37.8 Å². The summed E-state index contributed by atoms with van der Waals surface area (Å²) in [5.74, 6) is -3.46. The predicted octanol–water partition coefficient (Wildman–Crippen LogP) is 1.97. The Kier molecular flexibility index (Phi) is 5.17. The summed E-state index contributed by atoms with van der Waals surface area (Å²) in [4.78, 5) is 39.7. The van der Waals surface area contributed by atoms with Gasteiger partial charge in [-0.25, -0.2) is 8.78 Å². The molecule has 9 heteroatoms. The minimum Gasteiger partial charge on any atom is -0.503 e. The van der Waals surface area contributed by atoms with E-state index in [1.54, 1.807) is 6.92 Å². The monoisotopic (exact) mass is 432 g/mol. The minimum absolute atomic E-state index is 0.0563. The molecule has 4 rings (SSSR count). The van der Waals surface area contributed by atoms with Gasteiger partial charge in [-0.3, -0.25) is 14.4 Å². The number of ketones is 1. The second-order valence-electron chi connectivity index (χ2n) is 8.20. The van der Waals surface area contributed by atoms with Crippen LogP contribution >= 0.6 is 0 Å². The van der Waals surface area contributed by atoms with Crippen LogP contribution in [0.5, 0.6) is 5.75 Å². The summed E-state index contributed by atoms with van der Waals surface area (Å²) in [7, 11) is 0. The molecule has 1 spiro atoms. The highest BCUT2D eigenvalue weighted by atomic mass is 19.1. The van der Waals surface area contributed by atoms with Crippen molar-refractivity contribution in [2.75, 3.05) is 13.1 Å². The fourth-order valence-electron chi connectivity index (χ4n) is 4.54. The van der Waals surface area contributed by atoms with E-state index in [2.05, 4.69) is 0 Å². The van der Waals surface area contributed by atoms with Crippen LogP contribution in [-0.4, -0.2) is 50.6 Å². The number of hydrogen-bond acceptors (Lipinski definition) is 5. The number of aromatic hydroxyl groups is 1. The summed E-state index contributed by atoms with van der Waals surface area (Å²) in [6, 6.07) is 3.04. The molecule has 0 unspecified atom stereocenters. The van der Waals surface area contributed by atoms with Crippen molar-refractivity contribution in [2.45, 2.75) is 44.2 Å². The zero-order chi connectivity index (χ0) is 22.5. The molecule has 164 valence electrons. The molecular weight excluding hydrogens is 410 g/mol. The third-order valence-electron chi connectivity index (χ3n) is 6.22. The summed E-state index contributed by atoms with van der Waals surface area (Å²) in [6.45, 7) is 2.44. The van der Waals surface area contributed by atoms with Crippen LogP contribution < -0.4 is 5.43 Å². The van der Waals surface area contributed by atoms with Gasteiger partial charge in [0.25, 0.3) is 5.91 Å². The van der Waals surface area contributed by atoms with Gasteiger partial charge in [0.2, 0.25) is 5.43 Å². The maximum atomic E-state index is 13.9. The first kappa shape index (κ1) is 21.2. The van der Waals surface area contributed by atoms with Gasteiger partial charge in [0, 0.05) is 31.8 Å². The van der Waals surface area contributed by atoms with Gasteiger partial charge < -0.3 is 19.7 Å².